The van der Waals surface area contributed by atoms with E-state index in [-0.39, 0.29) is 28.9 Å². The number of rotatable bonds is 19. The molecule has 3 heterocycles. The SMILES string of the molecule is CCCCCCCCCO[C@@H]1[C@H](O)[C@@H](C(O)C(c2ccccc2)(c2ccc(OC)cc2)c2ccc(OC)cc2)O[C@H]1n1cnc2c(=O)[nH]c(NC(=O)C(C)C)nc21. The van der Waals surface area contributed by atoms with Crippen LogP contribution in [0.1, 0.15) is 88.6 Å². The van der Waals surface area contributed by atoms with Gasteiger partial charge in [0.15, 0.2) is 17.4 Å². The molecule has 0 aliphatic carbocycles. The number of benzene rings is 3. The number of carbonyl (C=O) groups is 1. The van der Waals surface area contributed by atoms with E-state index < -0.39 is 41.6 Å². The minimum Gasteiger partial charge on any atom is -0.497 e. The minimum atomic E-state index is -1.42. The van der Waals surface area contributed by atoms with Crippen molar-refractivity contribution < 1.29 is 34.0 Å². The highest BCUT2D eigenvalue weighted by atomic mass is 16.6. The van der Waals surface area contributed by atoms with Crippen LogP contribution in [0.5, 0.6) is 11.5 Å². The molecule has 0 bridgehead atoms. The van der Waals surface area contributed by atoms with Crippen molar-refractivity contribution in [2.24, 2.45) is 5.92 Å². The molecule has 1 aliphatic heterocycles. The molecule has 0 spiro atoms. The summed E-state index contributed by atoms with van der Waals surface area (Å²) in [6.07, 6.45) is 2.85. The smallest absolute Gasteiger partial charge is 0.280 e. The number of aliphatic hydroxyl groups is 2. The number of methoxy groups -OCH3 is 2. The van der Waals surface area contributed by atoms with Crippen LogP contribution < -0.4 is 20.3 Å². The van der Waals surface area contributed by atoms with Crippen molar-refractivity contribution in [2.45, 2.75) is 102 Å². The predicted molar refractivity (Wildman–Crippen MR) is 218 cm³/mol. The van der Waals surface area contributed by atoms with E-state index in [4.69, 9.17) is 18.9 Å². The van der Waals surface area contributed by atoms with E-state index in [9.17, 15) is 19.8 Å². The first-order valence-electron chi connectivity index (χ1n) is 19.9. The molecule has 57 heavy (non-hydrogen) atoms. The number of ether oxygens (including phenoxy) is 4. The molecular formula is C44H55N5O8. The maximum atomic E-state index is 13.2. The molecule has 6 rings (SSSR count). The van der Waals surface area contributed by atoms with Crippen molar-refractivity contribution >= 4 is 23.0 Å². The monoisotopic (exact) mass is 781 g/mol. The molecule has 13 nitrogen and oxygen atoms in total. The number of aliphatic hydroxyl groups excluding tert-OH is 2. The van der Waals surface area contributed by atoms with Crippen LogP contribution in [0.3, 0.4) is 0 Å². The number of imidazole rings is 1. The fourth-order valence-electron chi connectivity index (χ4n) is 7.72. The van der Waals surface area contributed by atoms with E-state index in [1.165, 1.54) is 30.2 Å². The number of fused-ring (bicyclic) bond motifs is 1. The van der Waals surface area contributed by atoms with Crippen LogP contribution in [0.25, 0.3) is 11.2 Å². The Bertz CT molecular complexity index is 2050. The van der Waals surface area contributed by atoms with Crippen molar-refractivity contribution in [3.05, 3.63) is 112 Å². The molecule has 1 amide bonds. The van der Waals surface area contributed by atoms with Crippen LogP contribution >= 0.6 is 0 Å². The van der Waals surface area contributed by atoms with Crippen LogP contribution in [0.2, 0.25) is 0 Å². The zero-order valence-electron chi connectivity index (χ0n) is 33.4. The summed E-state index contributed by atoms with van der Waals surface area (Å²) in [4.78, 5) is 37.3. The van der Waals surface area contributed by atoms with Gasteiger partial charge in [0.1, 0.15) is 35.9 Å². The van der Waals surface area contributed by atoms with E-state index in [0.29, 0.717) is 18.1 Å². The number of aromatic nitrogens is 4. The molecule has 1 unspecified atom stereocenters. The van der Waals surface area contributed by atoms with Gasteiger partial charge in [-0.05, 0) is 47.4 Å². The fourth-order valence-corrected chi connectivity index (χ4v) is 7.72. The molecule has 3 aromatic carbocycles. The summed E-state index contributed by atoms with van der Waals surface area (Å²) in [5.74, 6) is 0.534. The molecule has 1 aliphatic rings. The number of nitrogens with one attached hydrogen (secondary N) is 2. The van der Waals surface area contributed by atoms with Crippen molar-refractivity contribution in [3.8, 4) is 11.5 Å². The number of anilines is 1. The molecule has 5 atom stereocenters. The summed E-state index contributed by atoms with van der Waals surface area (Å²) in [7, 11) is 3.19. The summed E-state index contributed by atoms with van der Waals surface area (Å²) in [5.41, 5.74) is 0.465. The Kier molecular flexibility index (Phi) is 13.8. The van der Waals surface area contributed by atoms with Gasteiger partial charge in [0.2, 0.25) is 11.9 Å². The highest BCUT2D eigenvalue weighted by molar-refractivity contribution is 5.91. The second-order valence-corrected chi connectivity index (χ2v) is 14.9. The molecule has 0 radical (unpaired) electrons. The summed E-state index contributed by atoms with van der Waals surface area (Å²) >= 11 is 0. The Morgan fingerprint density at radius 2 is 1.47 bits per heavy atom. The number of amides is 1. The van der Waals surface area contributed by atoms with Gasteiger partial charge in [0.25, 0.3) is 5.56 Å². The van der Waals surface area contributed by atoms with Gasteiger partial charge in [0.05, 0.1) is 26.0 Å². The molecule has 1 saturated heterocycles. The molecule has 13 heteroatoms. The lowest BCUT2D eigenvalue weighted by molar-refractivity contribution is -0.118. The first kappa shape index (κ1) is 41.6. The summed E-state index contributed by atoms with van der Waals surface area (Å²) < 4.78 is 25.9. The number of hydrogen-bond donors (Lipinski definition) is 4. The molecule has 4 N–H and O–H groups in total. The van der Waals surface area contributed by atoms with Crippen LogP contribution in [-0.4, -0.2) is 80.9 Å². The standard InChI is InChI=1S/C44H55N5O8/c1-6-7-8-9-10-11-15-26-56-37-35(50)36(57-42(37)49-27-45-34-39(49)46-43(48-41(34)53)47-40(52)28(2)3)38(51)44(29-16-13-12-14-17-29,30-18-22-32(54-4)23-19-30)31-20-24-33(55-5)25-21-31/h12-14,16-25,27-28,35-38,42,50-51H,6-11,15,26H2,1-5H3,(H2,46,47,48,52,53)/t35-,36+,37-,38?,42-/m1/s1. The summed E-state index contributed by atoms with van der Waals surface area (Å²) in [5, 5.41) is 28.1. The average Bonchev–Trinajstić information content (AvgIpc) is 3.80. The summed E-state index contributed by atoms with van der Waals surface area (Å²) in [6, 6.07) is 24.6. The lowest BCUT2D eigenvalue weighted by Gasteiger charge is -2.43. The third-order valence-electron chi connectivity index (χ3n) is 10.9. The number of H-pyrrole nitrogens is 1. The lowest BCUT2D eigenvalue weighted by atomic mass is 9.64. The quantitative estimate of drug-likeness (QED) is 0.0535. The van der Waals surface area contributed by atoms with Gasteiger partial charge in [-0.2, -0.15) is 4.98 Å². The lowest BCUT2D eigenvalue weighted by Crippen LogP contribution is -2.52. The van der Waals surface area contributed by atoms with E-state index >= 15 is 0 Å². The fraction of sp³-hybridized carbons (Fsp3) is 0.455. The van der Waals surface area contributed by atoms with E-state index in [1.54, 1.807) is 28.1 Å². The maximum absolute atomic E-state index is 13.2. The first-order valence-corrected chi connectivity index (χ1v) is 19.9. The van der Waals surface area contributed by atoms with Gasteiger partial charge in [-0.25, -0.2) is 4.98 Å². The largest absolute Gasteiger partial charge is 0.497 e. The highest BCUT2D eigenvalue weighted by Crippen LogP contribution is 2.48. The second-order valence-electron chi connectivity index (χ2n) is 14.9. The summed E-state index contributed by atoms with van der Waals surface area (Å²) in [6.45, 7) is 5.99. The Balaban J connectivity index is 1.44. The minimum absolute atomic E-state index is 0.0144. The third-order valence-corrected chi connectivity index (χ3v) is 10.9. The number of aromatic amines is 1. The number of carbonyl (C=O) groups excluding carboxylic acids is 1. The van der Waals surface area contributed by atoms with E-state index in [1.807, 2.05) is 78.9 Å². The molecule has 0 saturated carbocycles. The Morgan fingerprint density at radius 1 is 0.895 bits per heavy atom. The Labute approximate surface area is 333 Å². The maximum Gasteiger partial charge on any atom is 0.280 e. The zero-order chi connectivity index (χ0) is 40.5. The van der Waals surface area contributed by atoms with Crippen LogP contribution in [0.4, 0.5) is 5.95 Å². The Hall–Kier alpha value is -5.08. The van der Waals surface area contributed by atoms with Gasteiger partial charge >= 0.3 is 0 Å². The highest BCUT2D eigenvalue weighted by Gasteiger charge is 2.56. The first-order chi connectivity index (χ1) is 27.6. The van der Waals surface area contributed by atoms with E-state index in [0.717, 1.165) is 42.4 Å². The predicted octanol–water partition coefficient (Wildman–Crippen LogP) is 6.52. The van der Waals surface area contributed by atoms with Crippen LogP contribution in [0.15, 0.2) is 90.0 Å². The van der Waals surface area contributed by atoms with Gasteiger partial charge in [-0.1, -0.05) is 114 Å². The second kappa shape index (κ2) is 18.9. The normalized spacial score (nSPS) is 18.9. The number of hydrogen-bond acceptors (Lipinski definition) is 10. The van der Waals surface area contributed by atoms with Crippen molar-refractivity contribution in [2.75, 3.05) is 26.1 Å². The van der Waals surface area contributed by atoms with Crippen LogP contribution in [0, 0.1) is 5.92 Å². The third kappa shape index (κ3) is 8.76. The van der Waals surface area contributed by atoms with Crippen molar-refractivity contribution in [3.63, 3.8) is 0 Å². The van der Waals surface area contributed by atoms with Gasteiger partial charge in [-0.15, -0.1) is 0 Å². The molecule has 2 aromatic heterocycles. The van der Waals surface area contributed by atoms with Crippen molar-refractivity contribution in [1.82, 2.24) is 19.5 Å². The van der Waals surface area contributed by atoms with Crippen LogP contribution in [-0.2, 0) is 19.7 Å². The molecule has 304 valence electrons. The zero-order valence-corrected chi connectivity index (χ0v) is 33.4. The van der Waals surface area contributed by atoms with Crippen molar-refractivity contribution in [1.29, 1.82) is 0 Å². The average molecular weight is 782 g/mol. The number of unbranched alkanes of at least 4 members (excludes halogenated alkanes) is 6. The van der Waals surface area contributed by atoms with E-state index in [2.05, 4.69) is 27.2 Å². The number of nitrogens with zero attached hydrogens (tertiary/aromatic N) is 3. The Morgan fingerprint density at radius 3 is 2.05 bits per heavy atom. The van der Waals surface area contributed by atoms with Gasteiger partial charge in [0, 0.05) is 12.5 Å². The molecule has 1 fully saturated rings. The molecular weight excluding hydrogens is 727 g/mol. The molecule has 5 aromatic rings. The van der Waals surface area contributed by atoms with Gasteiger partial charge in [-0.3, -0.25) is 24.5 Å². The van der Waals surface area contributed by atoms with Gasteiger partial charge < -0.3 is 29.2 Å². The topological polar surface area (TPSA) is 170 Å².